The predicted molar refractivity (Wildman–Crippen MR) is 118 cm³/mol. The van der Waals surface area contributed by atoms with E-state index >= 15 is 0 Å². The number of fused-ring (bicyclic) bond motifs is 3. The first-order valence-corrected chi connectivity index (χ1v) is 10.6. The molecule has 4 rings (SSSR count). The maximum absolute atomic E-state index is 12.4. The number of ether oxygens (including phenoxy) is 2. The number of esters is 1. The molecule has 1 aliphatic heterocycles. The summed E-state index contributed by atoms with van der Waals surface area (Å²) < 4.78 is 10.3. The van der Waals surface area contributed by atoms with Crippen LogP contribution in [0, 0.1) is 0 Å². The van der Waals surface area contributed by atoms with Crippen LogP contribution in [0.15, 0.2) is 48.5 Å². The predicted octanol–water partition coefficient (Wildman–Crippen LogP) is 2.66. The summed E-state index contributed by atoms with van der Waals surface area (Å²) in [6, 6.07) is 15.8. The van der Waals surface area contributed by atoms with Gasteiger partial charge in [-0.1, -0.05) is 48.5 Å². The van der Waals surface area contributed by atoms with Crippen molar-refractivity contribution in [2.75, 3.05) is 26.4 Å². The lowest BCUT2D eigenvalue weighted by atomic mass is 9.94. The molecule has 0 amide bonds. The van der Waals surface area contributed by atoms with Crippen LogP contribution in [-0.2, 0) is 19.1 Å². The number of hydrogen-bond donors (Lipinski definition) is 3. The molecule has 0 radical (unpaired) electrons. The van der Waals surface area contributed by atoms with E-state index in [9.17, 15) is 14.7 Å². The first-order valence-electron chi connectivity index (χ1n) is 10.6. The molecule has 7 nitrogen and oxygen atoms in total. The van der Waals surface area contributed by atoms with Gasteiger partial charge in [-0.25, -0.2) is 9.59 Å². The smallest absolute Gasteiger partial charge is 0.337 e. The first-order chi connectivity index (χ1) is 15.0. The Hall–Kier alpha value is -2.74. The molecule has 0 bridgehead atoms. The fourth-order valence-corrected chi connectivity index (χ4v) is 3.91. The standard InChI is InChI=1S/C20H22N2O4.C4H8O/c21-11-5-10-20(22,18(23)24)19(25)26-12-17-15-8-3-1-6-13(15)14-7-2-4-9-16(14)17;1-2-4-5-3-1/h1-4,6-9,17H,5,10-12,21-22H2,(H,23,24);1-4H2/t20-;/m0./s1. The summed E-state index contributed by atoms with van der Waals surface area (Å²) in [5, 5.41) is 9.37. The van der Waals surface area contributed by atoms with Crippen LogP contribution in [0.4, 0.5) is 0 Å². The van der Waals surface area contributed by atoms with E-state index in [1.807, 2.05) is 48.5 Å². The number of hydrogen-bond acceptors (Lipinski definition) is 6. The minimum atomic E-state index is -2.07. The Balaban J connectivity index is 0.000000478. The normalized spacial score (nSPS) is 16.5. The molecule has 0 unspecified atom stereocenters. The average Bonchev–Trinajstić information content (AvgIpc) is 3.46. The van der Waals surface area contributed by atoms with E-state index in [0.717, 1.165) is 35.5 Å². The summed E-state index contributed by atoms with van der Waals surface area (Å²) in [5.41, 5.74) is 13.5. The average molecular weight is 427 g/mol. The highest BCUT2D eigenvalue weighted by Gasteiger charge is 2.44. The molecule has 7 heteroatoms. The maximum atomic E-state index is 12.4. The molecule has 2 aromatic rings. The SMILES string of the molecule is C1CCOC1.NCCC[C@](N)(C(=O)O)C(=O)OCC1c2ccccc2-c2ccccc21. The zero-order valence-electron chi connectivity index (χ0n) is 17.6. The van der Waals surface area contributed by atoms with E-state index in [4.69, 9.17) is 20.9 Å². The fraction of sp³-hybridized carbons (Fsp3) is 0.417. The third-order valence-electron chi connectivity index (χ3n) is 5.69. The number of benzene rings is 2. The number of carboxylic acids is 1. The molecule has 31 heavy (non-hydrogen) atoms. The third-order valence-corrected chi connectivity index (χ3v) is 5.69. The van der Waals surface area contributed by atoms with Gasteiger partial charge in [0.1, 0.15) is 6.61 Å². The summed E-state index contributed by atoms with van der Waals surface area (Å²) in [6.07, 6.45) is 2.82. The number of aliphatic carboxylic acids is 1. The lowest BCUT2D eigenvalue weighted by molar-refractivity contribution is -0.161. The Labute approximate surface area is 182 Å². The van der Waals surface area contributed by atoms with Crippen LogP contribution < -0.4 is 11.5 Å². The summed E-state index contributed by atoms with van der Waals surface area (Å²) >= 11 is 0. The molecule has 1 heterocycles. The van der Waals surface area contributed by atoms with Gasteiger partial charge in [0.15, 0.2) is 0 Å². The van der Waals surface area contributed by atoms with Crippen molar-refractivity contribution in [1.82, 2.24) is 0 Å². The zero-order chi connectivity index (χ0) is 22.3. The van der Waals surface area contributed by atoms with Gasteiger partial charge in [0.2, 0.25) is 5.54 Å². The number of carboxylic acid groups (broad SMARTS) is 1. The van der Waals surface area contributed by atoms with Gasteiger partial charge in [-0.15, -0.1) is 0 Å². The monoisotopic (exact) mass is 426 g/mol. The summed E-state index contributed by atoms with van der Waals surface area (Å²) in [5.74, 6) is -2.47. The van der Waals surface area contributed by atoms with Crippen LogP contribution >= 0.6 is 0 Å². The molecule has 1 fully saturated rings. The number of nitrogens with two attached hydrogens (primary N) is 2. The molecular weight excluding hydrogens is 396 g/mol. The van der Waals surface area contributed by atoms with E-state index < -0.39 is 17.5 Å². The van der Waals surface area contributed by atoms with E-state index in [0.29, 0.717) is 6.42 Å². The van der Waals surface area contributed by atoms with E-state index in [-0.39, 0.29) is 25.5 Å². The lowest BCUT2D eigenvalue weighted by Gasteiger charge is -2.23. The van der Waals surface area contributed by atoms with Crippen molar-refractivity contribution < 1.29 is 24.2 Å². The molecule has 2 aliphatic rings. The molecular formula is C24H30N2O5. The molecule has 5 N–H and O–H groups in total. The van der Waals surface area contributed by atoms with Gasteiger partial charge in [0.25, 0.3) is 0 Å². The van der Waals surface area contributed by atoms with Crippen LogP contribution in [0.3, 0.4) is 0 Å². The molecule has 0 saturated carbocycles. The van der Waals surface area contributed by atoms with E-state index in [2.05, 4.69) is 0 Å². The topological polar surface area (TPSA) is 125 Å². The van der Waals surface area contributed by atoms with Crippen LogP contribution in [0.5, 0.6) is 0 Å². The Morgan fingerprint density at radius 1 is 1.03 bits per heavy atom. The highest BCUT2D eigenvalue weighted by Crippen LogP contribution is 2.44. The largest absolute Gasteiger partial charge is 0.479 e. The van der Waals surface area contributed by atoms with Gasteiger partial charge in [0.05, 0.1) is 0 Å². The van der Waals surface area contributed by atoms with Gasteiger partial charge in [-0.3, -0.25) is 0 Å². The molecule has 1 atom stereocenters. The Morgan fingerprint density at radius 3 is 2.03 bits per heavy atom. The van der Waals surface area contributed by atoms with Gasteiger partial charge in [-0.2, -0.15) is 0 Å². The van der Waals surface area contributed by atoms with Crippen molar-refractivity contribution in [2.45, 2.75) is 37.1 Å². The highest BCUT2D eigenvalue weighted by molar-refractivity contribution is 6.03. The first kappa shape index (κ1) is 22.9. The molecule has 166 valence electrons. The Morgan fingerprint density at radius 2 is 1.58 bits per heavy atom. The minimum absolute atomic E-state index is 0.0434. The fourth-order valence-electron chi connectivity index (χ4n) is 3.91. The zero-order valence-corrected chi connectivity index (χ0v) is 17.6. The number of carbonyl (C=O) groups excluding carboxylic acids is 1. The van der Waals surface area contributed by atoms with Gasteiger partial charge in [0, 0.05) is 19.1 Å². The number of carbonyl (C=O) groups is 2. The second kappa shape index (κ2) is 10.5. The Kier molecular flexibility index (Phi) is 7.79. The van der Waals surface area contributed by atoms with Gasteiger partial charge in [-0.05, 0) is 54.5 Å². The van der Waals surface area contributed by atoms with E-state index in [1.54, 1.807) is 0 Å². The van der Waals surface area contributed by atoms with Crippen molar-refractivity contribution in [3.8, 4) is 11.1 Å². The van der Waals surface area contributed by atoms with Crippen LogP contribution in [-0.4, -0.2) is 48.9 Å². The van der Waals surface area contributed by atoms with Crippen LogP contribution in [0.2, 0.25) is 0 Å². The molecule has 2 aromatic carbocycles. The van der Waals surface area contributed by atoms with E-state index in [1.165, 1.54) is 12.8 Å². The molecule has 1 aliphatic carbocycles. The quantitative estimate of drug-likeness (QED) is 0.459. The van der Waals surface area contributed by atoms with Crippen LogP contribution in [0.25, 0.3) is 11.1 Å². The van der Waals surface area contributed by atoms with Gasteiger partial charge >= 0.3 is 11.9 Å². The van der Waals surface area contributed by atoms with Crippen molar-refractivity contribution in [3.63, 3.8) is 0 Å². The molecule has 1 saturated heterocycles. The molecule has 0 aromatic heterocycles. The second-order valence-electron chi connectivity index (χ2n) is 7.81. The second-order valence-corrected chi connectivity index (χ2v) is 7.81. The van der Waals surface area contributed by atoms with Gasteiger partial charge < -0.3 is 26.0 Å². The lowest BCUT2D eigenvalue weighted by Crippen LogP contribution is -2.56. The summed E-state index contributed by atoms with van der Waals surface area (Å²) in [7, 11) is 0. The minimum Gasteiger partial charge on any atom is -0.479 e. The van der Waals surface area contributed by atoms with Crippen molar-refractivity contribution in [1.29, 1.82) is 0 Å². The number of rotatable bonds is 7. The summed E-state index contributed by atoms with van der Waals surface area (Å²) in [6.45, 7) is 2.30. The van der Waals surface area contributed by atoms with Crippen molar-refractivity contribution in [3.05, 3.63) is 59.7 Å². The van der Waals surface area contributed by atoms with Crippen molar-refractivity contribution >= 4 is 11.9 Å². The summed E-state index contributed by atoms with van der Waals surface area (Å²) in [4.78, 5) is 23.9. The molecule has 0 spiro atoms. The van der Waals surface area contributed by atoms with Crippen LogP contribution in [0.1, 0.15) is 42.7 Å². The maximum Gasteiger partial charge on any atom is 0.337 e. The Bertz CT molecular complexity index is 859. The third kappa shape index (κ3) is 5.12. The highest BCUT2D eigenvalue weighted by atomic mass is 16.5. The van der Waals surface area contributed by atoms with Crippen molar-refractivity contribution in [2.24, 2.45) is 11.5 Å².